The number of methoxy groups -OCH3 is 2. The molecule has 2 heterocycles. The lowest BCUT2D eigenvalue weighted by atomic mass is 10.1. The molecular weight excluding hydrogens is 314 g/mol. The maximum absolute atomic E-state index is 12.3. The van der Waals surface area contributed by atoms with E-state index in [1.165, 1.54) is 19.1 Å². The first-order valence-electron chi connectivity index (χ1n) is 7.65. The number of amides is 4. The minimum atomic E-state index is -0.291. The highest BCUT2D eigenvalue weighted by molar-refractivity contribution is 6.02. The molecule has 0 unspecified atom stereocenters. The molecule has 0 spiro atoms. The van der Waals surface area contributed by atoms with Crippen molar-refractivity contribution in [2.45, 2.75) is 18.9 Å². The highest BCUT2D eigenvalue weighted by Gasteiger charge is 2.42. The number of carbonyl (C=O) groups is 3. The van der Waals surface area contributed by atoms with E-state index in [0.717, 1.165) is 0 Å². The van der Waals surface area contributed by atoms with E-state index >= 15 is 0 Å². The number of anilines is 1. The zero-order valence-corrected chi connectivity index (χ0v) is 13.6. The van der Waals surface area contributed by atoms with Crippen molar-refractivity contribution in [3.05, 3.63) is 18.2 Å². The number of benzene rings is 1. The Morgan fingerprint density at radius 1 is 1.04 bits per heavy atom. The summed E-state index contributed by atoms with van der Waals surface area (Å²) in [6.07, 6.45) is 0.538. The van der Waals surface area contributed by atoms with Gasteiger partial charge in [-0.25, -0.2) is 4.79 Å². The van der Waals surface area contributed by atoms with Crippen LogP contribution in [0.3, 0.4) is 0 Å². The molecule has 1 aromatic rings. The molecule has 2 aliphatic heterocycles. The van der Waals surface area contributed by atoms with Crippen molar-refractivity contribution in [2.24, 2.45) is 0 Å². The summed E-state index contributed by atoms with van der Waals surface area (Å²) in [4.78, 5) is 38.5. The van der Waals surface area contributed by atoms with Crippen molar-refractivity contribution in [3.8, 4) is 11.5 Å². The van der Waals surface area contributed by atoms with E-state index in [1.54, 1.807) is 23.1 Å². The Bertz CT molecular complexity index is 646. The fraction of sp³-hybridized carbons (Fsp3) is 0.438. The van der Waals surface area contributed by atoms with E-state index in [9.17, 15) is 14.4 Å². The van der Waals surface area contributed by atoms with E-state index in [-0.39, 0.29) is 36.7 Å². The lowest BCUT2D eigenvalue weighted by molar-refractivity contribution is -0.144. The normalized spacial score (nSPS) is 17.8. The number of hydrogen-bond acceptors (Lipinski definition) is 5. The van der Waals surface area contributed by atoms with Crippen LogP contribution in [-0.2, 0) is 9.59 Å². The van der Waals surface area contributed by atoms with Gasteiger partial charge < -0.3 is 19.7 Å². The topological polar surface area (TPSA) is 88.2 Å². The summed E-state index contributed by atoms with van der Waals surface area (Å²) in [6, 6.07) is 4.58. The Hall–Kier alpha value is -2.77. The van der Waals surface area contributed by atoms with Crippen molar-refractivity contribution in [1.29, 1.82) is 0 Å². The van der Waals surface area contributed by atoms with Gasteiger partial charge in [0, 0.05) is 49.8 Å². The van der Waals surface area contributed by atoms with Gasteiger partial charge in [-0.15, -0.1) is 0 Å². The summed E-state index contributed by atoms with van der Waals surface area (Å²) in [5.41, 5.74) is 0.549. The van der Waals surface area contributed by atoms with Crippen LogP contribution in [0.15, 0.2) is 18.2 Å². The predicted molar refractivity (Wildman–Crippen MR) is 85.0 cm³/mol. The number of nitrogens with zero attached hydrogens (tertiary/aromatic N) is 2. The van der Waals surface area contributed by atoms with Gasteiger partial charge in [0.1, 0.15) is 11.5 Å². The van der Waals surface area contributed by atoms with Crippen molar-refractivity contribution >= 4 is 23.5 Å². The number of hydrogen-bond donors (Lipinski definition) is 1. The van der Waals surface area contributed by atoms with Gasteiger partial charge in [0.15, 0.2) is 0 Å². The molecule has 0 bridgehead atoms. The first kappa shape index (κ1) is 16.1. The molecule has 1 N–H and O–H groups in total. The Balaban J connectivity index is 1.59. The summed E-state index contributed by atoms with van der Waals surface area (Å²) in [5, 5.41) is 2.77. The highest BCUT2D eigenvalue weighted by atomic mass is 16.5. The molecule has 2 fully saturated rings. The summed E-state index contributed by atoms with van der Waals surface area (Å²) < 4.78 is 10.3. The number of likely N-dealkylation sites (tertiary alicyclic amines) is 2. The first-order valence-corrected chi connectivity index (χ1v) is 7.65. The molecule has 4 amide bonds. The molecule has 2 saturated heterocycles. The van der Waals surface area contributed by atoms with Crippen LogP contribution in [0.1, 0.15) is 12.8 Å². The molecule has 0 atom stereocenters. The van der Waals surface area contributed by atoms with Crippen LogP contribution in [0.2, 0.25) is 0 Å². The SMILES string of the molecule is COc1cc(NC(=O)N2CC(N3C(=O)CCC3=O)C2)cc(OC)c1. The zero-order valence-electron chi connectivity index (χ0n) is 13.6. The van der Waals surface area contributed by atoms with Crippen molar-refractivity contribution in [1.82, 2.24) is 9.80 Å². The van der Waals surface area contributed by atoms with Gasteiger partial charge in [-0.2, -0.15) is 0 Å². The average Bonchev–Trinajstić information content (AvgIpc) is 2.85. The molecule has 24 heavy (non-hydrogen) atoms. The van der Waals surface area contributed by atoms with Crippen LogP contribution in [0.4, 0.5) is 10.5 Å². The molecule has 0 radical (unpaired) electrons. The Morgan fingerprint density at radius 3 is 2.08 bits per heavy atom. The number of nitrogens with one attached hydrogen (secondary N) is 1. The molecule has 128 valence electrons. The van der Waals surface area contributed by atoms with Crippen LogP contribution in [0.25, 0.3) is 0 Å². The minimum absolute atomic E-state index is 0.150. The lowest BCUT2D eigenvalue weighted by Crippen LogP contribution is -2.63. The monoisotopic (exact) mass is 333 g/mol. The molecule has 0 aromatic heterocycles. The molecule has 0 saturated carbocycles. The maximum atomic E-state index is 12.3. The first-order chi connectivity index (χ1) is 11.5. The quantitative estimate of drug-likeness (QED) is 0.833. The van der Waals surface area contributed by atoms with Crippen LogP contribution in [0.5, 0.6) is 11.5 Å². The predicted octanol–water partition coefficient (Wildman–Crippen LogP) is 1.07. The van der Waals surface area contributed by atoms with Gasteiger partial charge in [-0.1, -0.05) is 0 Å². The molecule has 8 heteroatoms. The van der Waals surface area contributed by atoms with E-state index in [2.05, 4.69) is 5.32 Å². The van der Waals surface area contributed by atoms with Crippen molar-refractivity contribution in [3.63, 3.8) is 0 Å². The van der Waals surface area contributed by atoms with E-state index in [1.807, 2.05) is 0 Å². The smallest absolute Gasteiger partial charge is 0.321 e. The summed E-state index contributed by atoms with van der Waals surface area (Å²) >= 11 is 0. The van der Waals surface area contributed by atoms with Gasteiger partial charge in [0.25, 0.3) is 0 Å². The highest BCUT2D eigenvalue weighted by Crippen LogP contribution is 2.27. The molecular formula is C16H19N3O5. The second-order valence-electron chi connectivity index (χ2n) is 5.75. The van der Waals surface area contributed by atoms with Crippen molar-refractivity contribution in [2.75, 3.05) is 32.6 Å². The van der Waals surface area contributed by atoms with E-state index in [0.29, 0.717) is 30.3 Å². The largest absolute Gasteiger partial charge is 0.497 e. The van der Waals surface area contributed by atoms with Gasteiger partial charge in [-0.3, -0.25) is 14.5 Å². The van der Waals surface area contributed by atoms with Gasteiger partial charge >= 0.3 is 6.03 Å². The number of rotatable bonds is 4. The summed E-state index contributed by atoms with van der Waals surface area (Å²) in [7, 11) is 3.06. The third-order valence-corrected chi connectivity index (χ3v) is 4.21. The van der Waals surface area contributed by atoms with Gasteiger partial charge in [-0.05, 0) is 0 Å². The lowest BCUT2D eigenvalue weighted by Gasteiger charge is -2.42. The summed E-state index contributed by atoms with van der Waals surface area (Å²) in [5.74, 6) is 0.837. The second kappa shape index (κ2) is 6.38. The Labute approximate surface area is 139 Å². The molecule has 3 rings (SSSR count). The second-order valence-corrected chi connectivity index (χ2v) is 5.75. The third-order valence-electron chi connectivity index (χ3n) is 4.21. The van der Waals surface area contributed by atoms with Crippen LogP contribution in [-0.4, -0.2) is 61.0 Å². The maximum Gasteiger partial charge on any atom is 0.321 e. The van der Waals surface area contributed by atoms with Crippen LogP contribution < -0.4 is 14.8 Å². The summed E-state index contributed by atoms with van der Waals surface area (Å²) in [6.45, 7) is 0.703. The van der Waals surface area contributed by atoms with Crippen molar-refractivity contribution < 1.29 is 23.9 Å². The number of carbonyl (C=O) groups excluding carboxylic acids is 3. The molecule has 2 aliphatic rings. The van der Waals surface area contributed by atoms with E-state index in [4.69, 9.17) is 9.47 Å². The molecule has 0 aliphatic carbocycles. The number of urea groups is 1. The van der Waals surface area contributed by atoms with Gasteiger partial charge in [0.2, 0.25) is 11.8 Å². The number of ether oxygens (including phenoxy) is 2. The molecule has 8 nitrogen and oxygen atoms in total. The average molecular weight is 333 g/mol. The Kier molecular flexibility index (Phi) is 4.28. The van der Waals surface area contributed by atoms with Gasteiger partial charge in [0.05, 0.1) is 20.3 Å². The fourth-order valence-electron chi connectivity index (χ4n) is 2.87. The van der Waals surface area contributed by atoms with Crippen LogP contribution in [0, 0.1) is 0 Å². The third kappa shape index (κ3) is 2.99. The minimum Gasteiger partial charge on any atom is -0.497 e. The van der Waals surface area contributed by atoms with Crippen LogP contribution >= 0.6 is 0 Å². The fourth-order valence-corrected chi connectivity index (χ4v) is 2.87. The van der Waals surface area contributed by atoms with E-state index < -0.39 is 0 Å². The Morgan fingerprint density at radius 2 is 1.58 bits per heavy atom. The number of imide groups is 1. The molecule has 1 aromatic carbocycles. The standard InChI is InChI=1S/C16H19N3O5/c1-23-12-5-10(6-13(7-12)24-2)17-16(22)18-8-11(9-18)19-14(20)3-4-15(19)21/h5-7,11H,3-4,8-9H2,1-2H3,(H,17,22). The zero-order chi connectivity index (χ0) is 17.3.